The number of hydrogen-bond acceptors (Lipinski definition) is 15. The van der Waals surface area contributed by atoms with E-state index in [0.717, 1.165) is 54.7 Å². The van der Waals surface area contributed by atoms with Gasteiger partial charge in [-0.1, -0.05) is 69.3 Å². The molecule has 3 aromatic heterocycles. The molecular formula is C54H68N8O8S2. The molecule has 1 unspecified atom stereocenters. The van der Waals surface area contributed by atoms with Crippen molar-refractivity contribution in [2.45, 2.75) is 59.2 Å². The minimum atomic E-state index is -0.836. The SMILES string of the molecule is Cc1ncsc1-c1ccc(CNC(=O)[C@@H]2CCCN2C(=O)C(NC(=O)COCCOCCOCCOCCOCCNc2ccc(-c3ccc(-c4nc5ccc(N(C)C)cc5s4)cc3)cn2)C(C)(C)C)cc1. The molecule has 7 rings (SSSR count). The van der Waals surface area contributed by atoms with E-state index in [9.17, 15) is 14.4 Å². The molecular weight excluding hydrogens is 953 g/mol. The number of likely N-dealkylation sites (tertiary alicyclic amines) is 1. The normalized spacial score (nSPS) is 14.1. The number of nitrogens with zero attached hydrogens (tertiary/aromatic N) is 5. The van der Waals surface area contributed by atoms with E-state index in [1.807, 2.05) is 83.8 Å². The smallest absolute Gasteiger partial charge is 0.246 e. The maximum absolute atomic E-state index is 13.9. The van der Waals surface area contributed by atoms with Gasteiger partial charge in [0.2, 0.25) is 17.7 Å². The van der Waals surface area contributed by atoms with Gasteiger partial charge in [0.25, 0.3) is 0 Å². The summed E-state index contributed by atoms with van der Waals surface area (Å²) >= 11 is 3.30. The van der Waals surface area contributed by atoms with Crippen LogP contribution < -0.4 is 20.9 Å². The summed E-state index contributed by atoms with van der Waals surface area (Å²) in [4.78, 5) is 58.8. The Labute approximate surface area is 430 Å². The summed E-state index contributed by atoms with van der Waals surface area (Å²) in [6, 6.07) is 25.4. The van der Waals surface area contributed by atoms with Crippen molar-refractivity contribution in [3.05, 3.63) is 102 Å². The number of anilines is 2. The van der Waals surface area contributed by atoms with Gasteiger partial charge in [0.1, 0.15) is 29.5 Å². The van der Waals surface area contributed by atoms with Gasteiger partial charge in [0.05, 0.1) is 85.8 Å². The van der Waals surface area contributed by atoms with Gasteiger partial charge in [-0.25, -0.2) is 15.0 Å². The highest BCUT2D eigenvalue weighted by molar-refractivity contribution is 7.21. The van der Waals surface area contributed by atoms with Crippen molar-refractivity contribution in [3.63, 3.8) is 0 Å². The number of nitrogens with one attached hydrogen (secondary N) is 3. The largest absolute Gasteiger partial charge is 0.378 e. The molecule has 1 aliphatic rings. The van der Waals surface area contributed by atoms with Crippen LogP contribution in [0.3, 0.4) is 0 Å². The first kappa shape index (κ1) is 53.9. The third-order valence-electron chi connectivity index (χ3n) is 12.1. The molecule has 72 heavy (non-hydrogen) atoms. The molecule has 0 bridgehead atoms. The molecule has 3 N–H and O–H groups in total. The second-order valence-electron chi connectivity index (χ2n) is 18.7. The molecule has 0 radical (unpaired) electrons. The molecule has 18 heteroatoms. The van der Waals surface area contributed by atoms with E-state index >= 15 is 0 Å². The fraction of sp³-hybridized carbons (Fsp3) is 0.444. The summed E-state index contributed by atoms with van der Waals surface area (Å²) in [7, 11) is 4.09. The predicted octanol–water partition coefficient (Wildman–Crippen LogP) is 7.86. The number of amides is 3. The zero-order valence-corrected chi connectivity index (χ0v) is 43.9. The molecule has 6 aromatic rings. The van der Waals surface area contributed by atoms with E-state index in [-0.39, 0.29) is 31.6 Å². The Kier molecular flexibility index (Phi) is 20.0. The van der Waals surface area contributed by atoms with Crippen LogP contribution in [-0.4, -0.2) is 143 Å². The minimum Gasteiger partial charge on any atom is -0.378 e. The van der Waals surface area contributed by atoms with Crippen LogP contribution in [0, 0.1) is 12.3 Å². The van der Waals surface area contributed by atoms with E-state index in [4.69, 9.17) is 28.7 Å². The summed E-state index contributed by atoms with van der Waals surface area (Å²) in [5.41, 5.74) is 9.67. The number of thiazole rings is 2. The number of pyridine rings is 1. The van der Waals surface area contributed by atoms with Gasteiger partial charge in [-0.15, -0.1) is 22.7 Å². The maximum atomic E-state index is 13.9. The molecule has 3 amide bonds. The maximum Gasteiger partial charge on any atom is 0.246 e. The lowest BCUT2D eigenvalue weighted by molar-refractivity contribution is -0.144. The first-order valence-electron chi connectivity index (χ1n) is 24.5. The average molecular weight is 1020 g/mol. The van der Waals surface area contributed by atoms with Crippen molar-refractivity contribution >= 4 is 62.1 Å². The fourth-order valence-corrected chi connectivity index (χ4v) is 9.88. The van der Waals surface area contributed by atoms with Gasteiger partial charge >= 0.3 is 0 Å². The first-order chi connectivity index (χ1) is 34.8. The summed E-state index contributed by atoms with van der Waals surface area (Å²) in [5.74, 6) is -0.112. The van der Waals surface area contributed by atoms with E-state index in [1.165, 1.54) is 10.4 Å². The monoisotopic (exact) mass is 1020 g/mol. The quantitative estimate of drug-likeness (QED) is 0.0426. The lowest BCUT2D eigenvalue weighted by Gasteiger charge is -2.35. The molecule has 4 heterocycles. The van der Waals surface area contributed by atoms with Gasteiger partial charge in [-0.05, 0) is 72.2 Å². The number of carbonyl (C=O) groups excluding carboxylic acids is 3. The van der Waals surface area contributed by atoms with E-state index in [2.05, 4.69) is 79.3 Å². The summed E-state index contributed by atoms with van der Waals surface area (Å²) in [6.07, 6.45) is 3.14. The zero-order valence-electron chi connectivity index (χ0n) is 42.2. The molecule has 2 atom stereocenters. The van der Waals surface area contributed by atoms with Gasteiger partial charge in [-0.3, -0.25) is 14.4 Å². The zero-order chi connectivity index (χ0) is 50.9. The summed E-state index contributed by atoms with van der Waals surface area (Å²) in [5, 5.41) is 10.2. The van der Waals surface area contributed by atoms with Crippen molar-refractivity contribution in [2.24, 2.45) is 5.41 Å². The van der Waals surface area contributed by atoms with Crippen molar-refractivity contribution < 1.29 is 38.1 Å². The van der Waals surface area contributed by atoms with Crippen molar-refractivity contribution in [1.82, 2.24) is 30.5 Å². The van der Waals surface area contributed by atoms with Gasteiger partial charge in [-0.2, -0.15) is 0 Å². The Hall–Kier alpha value is -5.86. The molecule has 0 spiro atoms. The number of ether oxygens (including phenoxy) is 5. The highest BCUT2D eigenvalue weighted by Gasteiger charge is 2.41. The fourth-order valence-electron chi connectivity index (χ4n) is 8.07. The third kappa shape index (κ3) is 15.6. The third-order valence-corrected chi connectivity index (χ3v) is 14.1. The van der Waals surface area contributed by atoms with Gasteiger partial charge in [0, 0.05) is 56.7 Å². The minimum absolute atomic E-state index is 0.201. The molecule has 3 aromatic carbocycles. The van der Waals surface area contributed by atoms with Crippen LogP contribution in [-0.2, 0) is 44.6 Å². The predicted molar refractivity (Wildman–Crippen MR) is 285 cm³/mol. The summed E-state index contributed by atoms with van der Waals surface area (Å²) in [6.45, 7) is 12.4. The van der Waals surface area contributed by atoms with Crippen LogP contribution in [0.2, 0.25) is 0 Å². The average Bonchev–Trinajstić information content (AvgIpc) is 4.16. The number of rotatable bonds is 27. The van der Waals surface area contributed by atoms with Crippen LogP contribution in [0.25, 0.3) is 42.4 Å². The number of benzene rings is 3. The van der Waals surface area contributed by atoms with E-state index < -0.39 is 23.4 Å². The highest BCUT2D eigenvalue weighted by Crippen LogP contribution is 2.34. The van der Waals surface area contributed by atoms with Crippen LogP contribution in [0.15, 0.2) is 90.6 Å². The van der Waals surface area contributed by atoms with Gasteiger partial charge in [0.15, 0.2) is 0 Å². The molecule has 1 fully saturated rings. The van der Waals surface area contributed by atoms with Crippen LogP contribution in [0.4, 0.5) is 11.5 Å². The van der Waals surface area contributed by atoms with Crippen LogP contribution in [0.5, 0.6) is 0 Å². The lowest BCUT2D eigenvalue weighted by atomic mass is 9.85. The van der Waals surface area contributed by atoms with Gasteiger partial charge < -0.3 is 49.4 Å². The topological polar surface area (TPSA) is 179 Å². The van der Waals surface area contributed by atoms with E-state index in [0.29, 0.717) is 78.7 Å². The van der Waals surface area contributed by atoms with Crippen LogP contribution >= 0.6 is 22.7 Å². The number of fused-ring (bicyclic) bond motifs is 1. The molecule has 16 nitrogen and oxygen atoms in total. The Morgan fingerprint density at radius 1 is 0.778 bits per heavy atom. The highest BCUT2D eigenvalue weighted by atomic mass is 32.1. The molecule has 0 saturated carbocycles. The molecule has 1 saturated heterocycles. The second kappa shape index (κ2) is 26.7. The standard InChI is InChI=1S/C54H68N8O8S2/c1-37-49(71-36-58-37)40-11-9-38(10-12-40)33-57-51(64)45-8-7-22-62(45)53(65)50(54(2,3)4)60-48(63)35-70-31-30-69-29-28-68-27-26-67-25-24-66-23-21-55-47-20-17-42(34-56-47)39-13-15-41(16-14-39)52-59-44-19-18-43(61(5)6)32-46(44)72-52/h9-20,32,34,36,45,50H,7-8,21-31,33,35H2,1-6H3,(H,55,56)(H,57,64)(H,60,63)/t45-,50?/m0/s1. The number of aromatic nitrogens is 3. The Morgan fingerprint density at radius 3 is 2.04 bits per heavy atom. The van der Waals surface area contributed by atoms with Crippen molar-refractivity contribution in [1.29, 1.82) is 0 Å². The van der Waals surface area contributed by atoms with Crippen molar-refractivity contribution in [3.8, 4) is 32.1 Å². The number of aryl methyl sites for hydroxylation is 1. The molecule has 0 aliphatic carbocycles. The van der Waals surface area contributed by atoms with Crippen molar-refractivity contribution in [2.75, 3.05) is 103 Å². The Balaban J connectivity index is 0.677. The first-order valence-corrected chi connectivity index (χ1v) is 26.2. The second-order valence-corrected chi connectivity index (χ2v) is 20.6. The Bertz CT molecular complexity index is 2650. The summed E-state index contributed by atoms with van der Waals surface area (Å²) < 4.78 is 29.2. The van der Waals surface area contributed by atoms with E-state index in [1.54, 1.807) is 27.6 Å². The molecule has 1 aliphatic heterocycles. The molecule has 384 valence electrons. The van der Waals surface area contributed by atoms with Crippen LogP contribution in [0.1, 0.15) is 44.9 Å². The number of hydrogen-bond donors (Lipinski definition) is 3. The Morgan fingerprint density at radius 2 is 1.42 bits per heavy atom. The lowest BCUT2D eigenvalue weighted by Crippen LogP contribution is -2.58. The number of carbonyl (C=O) groups is 3.